The van der Waals surface area contributed by atoms with Crippen LogP contribution in [0.1, 0.15) is 26.3 Å². The van der Waals surface area contributed by atoms with Gasteiger partial charge in [-0.25, -0.2) is 9.59 Å². The zero-order valence-corrected chi connectivity index (χ0v) is 13.7. The van der Waals surface area contributed by atoms with E-state index in [9.17, 15) is 9.59 Å². The van der Waals surface area contributed by atoms with Crippen LogP contribution < -0.4 is 9.47 Å². The van der Waals surface area contributed by atoms with Crippen molar-refractivity contribution >= 4 is 11.9 Å². The van der Waals surface area contributed by atoms with Gasteiger partial charge in [-0.15, -0.1) is 0 Å². The fraction of sp³-hybridized carbons (Fsp3) is 0.222. The van der Waals surface area contributed by atoms with Gasteiger partial charge in [0.05, 0.1) is 26.9 Å². The van der Waals surface area contributed by atoms with E-state index in [2.05, 4.69) is 0 Å². The molecule has 0 radical (unpaired) electrons. The summed E-state index contributed by atoms with van der Waals surface area (Å²) >= 11 is 0. The number of rotatable bonds is 6. The summed E-state index contributed by atoms with van der Waals surface area (Å²) in [6.45, 7) is 0.221. The summed E-state index contributed by atoms with van der Waals surface area (Å²) < 4.78 is 20.4. The van der Waals surface area contributed by atoms with Gasteiger partial charge in [0.25, 0.3) is 0 Å². The Labute approximate surface area is 139 Å². The Hall–Kier alpha value is -3.02. The monoisotopic (exact) mass is 330 g/mol. The van der Waals surface area contributed by atoms with Crippen LogP contribution in [0.5, 0.6) is 11.5 Å². The van der Waals surface area contributed by atoms with Crippen molar-refractivity contribution in [2.24, 2.45) is 0 Å². The summed E-state index contributed by atoms with van der Waals surface area (Å²) in [5.41, 5.74) is 0.934. The molecule has 0 aliphatic carbocycles. The van der Waals surface area contributed by atoms with E-state index in [0.717, 1.165) is 5.56 Å². The lowest BCUT2D eigenvalue weighted by atomic mass is 10.1. The molecule has 0 atom stereocenters. The third kappa shape index (κ3) is 3.84. The highest BCUT2D eigenvalue weighted by atomic mass is 16.5. The maximum absolute atomic E-state index is 12.1. The Morgan fingerprint density at radius 3 is 2.17 bits per heavy atom. The smallest absolute Gasteiger partial charge is 0.342 e. The van der Waals surface area contributed by atoms with Crippen LogP contribution >= 0.6 is 0 Å². The molecule has 0 aromatic heterocycles. The molecule has 2 aromatic carbocycles. The van der Waals surface area contributed by atoms with Crippen LogP contribution in [-0.2, 0) is 16.1 Å². The Morgan fingerprint density at radius 2 is 1.58 bits per heavy atom. The molecule has 0 bridgehead atoms. The van der Waals surface area contributed by atoms with Gasteiger partial charge in [-0.3, -0.25) is 0 Å². The minimum atomic E-state index is -0.693. The molecule has 126 valence electrons. The molecule has 2 rings (SSSR count). The Bertz CT molecular complexity index is 724. The normalized spacial score (nSPS) is 9.96. The average molecular weight is 330 g/mol. The molecule has 0 N–H and O–H groups in total. The summed E-state index contributed by atoms with van der Waals surface area (Å²) in [6, 6.07) is 12.4. The predicted molar refractivity (Wildman–Crippen MR) is 86.4 cm³/mol. The van der Waals surface area contributed by atoms with E-state index in [1.165, 1.54) is 33.5 Å². The SMILES string of the molecule is COC(=O)c1cc(OC)cc(OCc2ccccc2)c1C(=O)OC. The van der Waals surface area contributed by atoms with E-state index < -0.39 is 11.9 Å². The number of esters is 2. The van der Waals surface area contributed by atoms with Crippen molar-refractivity contribution in [2.45, 2.75) is 6.61 Å². The highest BCUT2D eigenvalue weighted by Gasteiger charge is 2.25. The van der Waals surface area contributed by atoms with Crippen molar-refractivity contribution in [1.29, 1.82) is 0 Å². The highest BCUT2D eigenvalue weighted by Crippen LogP contribution is 2.31. The van der Waals surface area contributed by atoms with Gasteiger partial charge in [0.15, 0.2) is 0 Å². The number of carbonyl (C=O) groups excluding carboxylic acids is 2. The van der Waals surface area contributed by atoms with E-state index in [1.807, 2.05) is 30.3 Å². The van der Waals surface area contributed by atoms with E-state index in [4.69, 9.17) is 18.9 Å². The van der Waals surface area contributed by atoms with Crippen molar-refractivity contribution in [3.63, 3.8) is 0 Å². The molecule has 2 aromatic rings. The van der Waals surface area contributed by atoms with Crippen LogP contribution in [0, 0.1) is 0 Å². The van der Waals surface area contributed by atoms with Crippen molar-refractivity contribution in [1.82, 2.24) is 0 Å². The molecule has 0 saturated heterocycles. The van der Waals surface area contributed by atoms with Gasteiger partial charge in [0.1, 0.15) is 23.7 Å². The molecule has 0 spiro atoms. The second-order valence-corrected chi connectivity index (χ2v) is 4.81. The molecule has 0 fully saturated rings. The Kier molecular flexibility index (Phi) is 5.78. The summed E-state index contributed by atoms with van der Waals surface area (Å²) in [5.74, 6) is -0.823. The Balaban J connectivity index is 2.46. The summed E-state index contributed by atoms with van der Waals surface area (Å²) in [6.07, 6.45) is 0. The molecular weight excluding hydrogens is 312 g/mol. The third-order valence-electron chi connectivity index (χ3n) is 3.34. The van der Waals surface area contributed by atoms with Crippen LogP contribution in [0.25, 0.3) is 0 Å². The molecule has 6 nitrogen and oxygen atoms in total. The lowest BCUT2D eigenvalue weighted by Crippen LogP contribution is -2.14. The molecule has 0 heterocycles. The van der Waals surface area contributed by atoms with E-state index >= 15 is 0 Å². The Morgan fingerprint density at radius 1 is 0.917 bits per heavy atom. The molecule has 0 aliphatic rings. The second-order valence-electron chi connectivity index (χ2n) is 4.81. The van der Waals surface area contributed by atoms with Crippen LogP contribution in [0.15, 0.2) is 42.5 Å². The van der Waals surface area contributed by atoms with Gasteiger partial charge in [-0.1, -0.05) is 30.3 Å². The van der Waals surface area contributed by atoms with Gasteiger partial charge < -0.3 is 18.9 Å². The standard InChI is InChI=1S/C18H18O6/c1-21-13-9-14(17(19)22-2)16(18(20)23-3)15(10-13)24-11-12-7-5-4-6-8-12/h4-10H,11H2,1-3H3. The fourth-order valence-corrected chi connectivity index (χ4v) is 2.14. The quantitative estimate of drug-likeness (QED) is 0.759. The number of hydrogen-bond donors (Lipinski definition) is 0. The fourth-order valence-electron chi connectivity index (χ4n) is 2.14. The number of ether oxygens (including phenoxy) is 4. The lowest BCUT2D eigenvalue weighted by Gasteiger charge is -2.15. The molecule has 0 saturated carbocycles. The van der Waals surface area contributed by atoms with Crippen molar-refractivity contribution in [3.05, 3.63) is 59.2 Å². The molecule has 0 aliphatic heterocycles. The molecule has 24 heavy (non-hydrogen) atoms. The molecule has 0 unspecified atom stereocenters. The van der Waals surface area contributed by atoms with Crippen LogP contribution in [0.3, 0.4) is 0 Å². The van der Waals surface area contributed by atoms with Gasteiger partial charge in [0, 0.05) is 6.07 Å². The van der Waals surface area contributed by atoms with Gasteiger partial charge in [-0.05, 0) is 11.6 Å². The minimum absolute atomic E-state index is 0.00100. The first-order chi connectivity index (χ1) is 11.6. The molecule has 6 heteroatoms. The first-order valence-electron chi connectivity index (χ1n) is 7.16. The highest BCUT2D eigenvalue weighted by molar-refractivity contribution is 6.05. The van der Waals surface area contributed by atoms with Gasteiger partial charge in [-0.2, -0.15) is 0 Å². The topological polar surface area (TPSA) is 71.1 Å². The minimum Gasteiger partial charge on any atom is -0.497 e. The number of hydrogen-bond acceptors (Lipinski definition) is 6. The van der Waals surface area contributed by atoms with E-state index in [-0.39, 0.29) is 23.5 Å². The van der Waals surface area contributed by atoms with Gasteiger partial charge >= 0.3 is 11.9 Å². The largest absolute Gasteiger partial charge is 0.497 e. The van der Waals surface area contributed by atoms with Crippen LogP contribution in [0.2, 0.25) is 0 Å². The van der Waals surface area contributed by atoms with Crippen molar-refractivity contribution < 1.29 is 28.5 Å². The number of carbonyl (C=O) groups is 2. The van der Waals surface area contributed by atoms with Crippen LogP contribution in [0.4, 0.5) is 0 Å². The maximum atomic E-state index is 12.1. The molecule has 0 amide bonds. The van der Waals surface area contributed by atoms with Crippen molar-refractivity contribution in [3.8, 4) is 11.5 Å². The van der Waals surface area contributed by atoms with E-state index in [1.54, 1.807) is 0 Å². The molecular formula is C18H18O6. The zero-order valence-electron chi connectivity index (χ0n) is 13.7. The average Bonchev–Trinajstić information content (AvgIpc) is 2.65. The van der Waals surface area contributed by atoms with Gasteiger partial charge in [0.2, 0.25) is 0 Å². The maximum Gasteiger partial charge on any atom is 0.342 e. The second kappa shape index (κ2) is 8.01. The van der Waals surface area contributed by atoms with Crippen molar-refractivity contribution in [2.75, 3.05) is 21.3 Å². The summed E-state index contributed by atoms with van der Waals surface area (Å²) in [4.78, 5) is 24.1. The van der Waals surface area contributed by atoms with E-state index in [0.29, 0.717) is 5.75 Å². The van der Waals surface area contributed by atoms with Crippen LogP contribution in [-0.4, -0.2) is 33.3 Å². The zero-order chi connectivity index (χ0) is 17.5. The number of methoxy groups -OCH3 is 3. The summed E-state index contributed by atoms with van der Waals surface area (Å²) in [5, 5.41) is 0. The number of benzene rings is 2. The lowest BCUT2D eigenvalue weighted by molar-refractivity contribution is 0.0550. The first kappa shape index (κ1) is 17.3. The first-order valence-corrected chi connectivity index (χ1v) is 7.16. The summed E-state index contributed by atoms with van der Waals surface area (Å²) in [7, 11) is 3.91. The predicted octanol–water partition coefficient (Wildman–Crippen LogP) is 2.85. The third-order valence-corrected chi connectivity index (χ3v) is 3.34.